The Morgan fingerprint density at radius 2 is 1.75 bits per heavy atom. The molecule has 2 saturated heterocycles. The molecule has 0 radical (unpaired) electrons. The first-order valence-electron chi connectivity index (χ1n) is 6.25. The van der Waals surface area contributed by atoms with E-state index in [9.17, 15) is 9.59 Å². The topological polar surface area (TPSA) is 89.5 Å². The van der Waals surface area contributed by atoms with Gasteiger partial charge >= 0.3 is 11.9 Å². The number of carbonyl (C=O) groups excluding carboxylic acids is 2. The smallest absolute Gasteiger partial charge is 0.303 e. The van der Waals surface area contributed by atoms with Crippen molar-refractivity contribution in [2.24, 2.45) is 0 Å². The van der Waals surface area contributed by atoms with Gasteiger partial charge in [-0.15, -0.1) is 0 Å². The van der Waals surface area contributed by atoms with Crippen LogP contribution in [-0.4, -0.2) is 63.2 Å². The quantitative estimate of drug-likeness (QED) is 0.648. The summed E-state index contributed by atoms with van der Waals surface area (Å²) in [6.07, 6.45) is -3.56. The number of methoxy groups -OCH3 is 1. The maximum Gasteiger partial charge on any atom is 0.303 e. The third-order valence-electron chi connectivity index (χ3n) is 3.05. The molecule has 0 spiro atoms. The summed E-state index contributed by atoms with van der Waals surface area (Å²) in [6.45, 7) is 2.88. The van der Waals surface area contributed by atoms with Crippen molar-refractivity contribution in [3.8, 4) is 0 Å². The minimum Gasteiger partial charge on any atom is -0.455 e. The van der Waals surface area contributed by atoms with E-state index < -0.39 is 42.6 Å². The van der Waals surface area contributed by atoms with Gasteiger partial charge in [0.1, 0.15) is 19.0 Å². The van der Waals surface area contributed by atoms with E-state index in [0.717, 1.165) is 0 Å². The van der Waals surface area contributed by atoms with Crippen LogP contribution >= 0.6 is 0 Å². The Morgan fingerprint density at radius 3 is 2.35 bits per heavy atom. The monoisotopic (exact) mass is 290 g/mol. The lowest BCUT2D eigenvalue weighted by Gasteiger charge is -2.45. The third kappa shape index (κ3) is 3.26. The summed E-state index contributed by atoms with van der Waals surface area (Å²) >= 11 is 0. The van der Waals surface area contributed by atoms with Gasteiger partial charge in [0.05, 0.1) is 6.61 Å². The Labute approximate surface area is 116 Å². The lowest BCUT2D eigenvalue weighted by molar-refractivity contribution is -0.337. The zero-order valence-electron chi connectivity index (χ0n) is 11.6. The highest BCUT2D eigenvalue weighted by atomic mass is 16.8. The largest absolute Gasteiger partial charge is 0.455 e. The van der Waals surface area contributed by atoms with Gasteiger partial charge in [-0.25, -0.2) is 0 Å². The molecule has 0 N–H and O–H groups in total. The van der Waals surface area contributed by atoms with Gasteiger partial charge in [0.2, 0.25) is 0 Å². The van der Waals surface area contributed by atoms with Crippen LogP contribution in [0.5, 0.6) is 0 Å². The van der Waals surface area contributed by atoms with Crippen molar-refractivity contribution in [1.29, 1.82) is 0 Å². The van der Waals surface area contributed by atoms with E-state index in [-0.39, 0.29) is 13.4 Å². The molecule has 20 heavy (non-hydrogen) atoms. The number of fused-ring (bicyclic) bond motifs is 1. The fourth-order valence-corrected chi connectivity index (χ4v) is 2.34. The molecule has 0 aromatic heterocycles. The molecule has 114 valence electrons. The van der Waals surface area contributed by atoms with Crippen LogP contribution in [0.2, 0.25) is 0 Å². The molecule has 2 rings (SSSR count). The first-order chi connectivity index (χ1) is 9.52. The molecule has 0 bridgehead atoms. The van der Waals surface area contributed by atoms with Gasteiger partial charge in [-0.3, -0.25) is 9.59 Å². The van der Waals surface area contributed by atoms with Gasteiger partial charge in [0, 0.05) is 21.0 Å². The first-order valence-corrected chi connectivity index (χ1v) is 6.25. The van der Waals surface area contributed by atoms with Crippen LogP contribution < -0.4 is 0 Å². The number of ether oxygens (including phenoxy) is 6. The molecule has 8 heteroatoms. The molecule has 0 unspecified atom stereocenters. The van der Waals surface area contributed by atoms with E-state index in [2.05, 4.69) is 0 Å². The number of hydrogen-bond donors (Lipinski definition) is 0. The van der Waals surface area contributed by atoms with Gasteiger partial charge < -0.3 is 28.4 Å². The normalized spacial score (nSPS) is 36.9. The maximum atomic E-state index is 11.3. The molecule has 0 saturated carbocycles. The van der Waals surface area contributed by atoms with E-state index in [1.54, 1.807) is 0 Å². The molecule has 2 aliphatic heterocycles. The predicted molar refractivity (Wildman–Crippen MR) is 62.5 cm³/mol. The minimum atomic E-state index is -0.888. The lowest BCUT2D eigenvalue weighted by Crippen LogP contribution is -2.63. The van der Waals surface area contributed by atoms with Gasteiger partial charge in [-0.2, -0.15) is 0 Å². The van der Waals surface area contributed by atoms with Crippen LogP contribution in [0.3, 0.4) is 0 Å². The van der Waals surface area contributed by atoms with Gasteiger partial charge in [0.25, 0.3) is 0 Å². The van der Waals surface area contributed by atoms with Crippen LogP contribution in [0, 0.1) is 0 Å². The Kier molecular flexibility index (Phi) is 4.92. The molecular weight excluding hydrogens is 272 g/mol. The molecule has 0 aliphatic carbocycles. The van der Waals surface area contributed by atoms with Gasteiger partial charge in [-0.1, -0.05) is 0 Å². The number of rotatable bonds is 3. The summed E-state index contributed by atoms with van der Waals surface area (Å²) in [5, 5.41) is 0. The lowest BCUT2D eigenvalue weighted by atomic mass is 9.98. The number of hydrogen-bond acceptors (Lipinski definition) is 8. The molecule has 0 aromatic carbocycles. The SMILES string of the molecule is CO[C@H]1O[C@@H]2COCO[C@@H]2[C@H](OC(C)=O)[C@H]1OC(C)=O. The molecule has 2 fully saturated rings. The van der Waals surface area contributed by atoms with Crippen molar-refractivity contribution in [2.45, 2.75) is 44.6 Å². The Bertz CT molecular complexity index is 370. The van der Waals surface area contributed by atoms with E-state index in [0.29, 0.717) is 0 Å². The van der Waals surface area contributed by atoms with Crippen LogP contribution in [0.25, 0.3) is 0 Å². The number of carbonyl (C=O) groups is 2. The fraction of sp³-hybridized carbons (Fsp3) is 0.833. The summed E-state index contributed by atoms with van der Waals surface area (Å²) in [7, 11) is 1.41. The van der Waals surface area contributed by atoms with Crippen molar-refractivity contribution in [2.75, 3.05) is 20.5 Å². The maximum absolute atomic E-state index is 11.3. The van der Waals surface area contributed by atoms with Crippen LogP contribution in [0.15, 0.2) is 0 Å². The Balaban J connectivity index is 2.22. The highest BCUT2D eigenvalue weighted by Crippen LogP contribution is 2.30. The first kappa shape index (κ1) is 15.2. The second kappa shape index (κ2) is 6.49. The van der Waals surface area contributed by atoms with Gasteiger partial charge in [0.15, 0.2) is 18.5 Å². The second-order valence-electron chi connectivity index (χ2n) is 4.55. The van der Waals surface area contributed by atoms with Crippen molar-refractivity contribution in [3.05, 3.63) is 0 Å². The van der Waals surface area contributed by atoms with Crippen LogP contribution in [-0.2, 0) is 38.0 Å². The summed E-state index contributed by atoms with van der Waals surface area (Å²) in [6, 6.07) is 0. The highest BCUT2D eigenvalue weighted by molar-refractivity contribution is 5.67. The molecule has 8 nitrogen and oxygen atoms in total. The summed E-state index contributed by atoms with van der Waals surface area (Å²) < 4.78 is 31.8. The Morgan fingerprint density at radius 1 is 1.10 bits per heavy atom. The highest BCUT2D eigenvalue weighted by Gasteiger charge is 2.52. The van der Waals surface area contributed by atoms with Crippen molar-refractivity contribution in [3.63, 3.8) is 0 Å². The standard InChI is InChI=1S/C12H18O8/c1-6(13)18-10-9-8(4-16-5-17-9)20-12(15-3)11(10)19-7(2)14/h8-12H,4-5H2,1-3H3/t8-,9+,10+,11-,12+/m1/s1. The summed E-state index contributed by atoms with van der Waals surface area (Å²) in [5.74, 6) is -1.03. The van der Waals surface area contributed by atoms with Crippen LogP contribution in [0.4, 0.5) is 0 Å². The molecule has 0 aromatic rings. The van der Waals surface area contributed by atoms with E-state index in [4.69, 9.17) is 28.4 Å². The predicted octanol–water partition coefficient (Wildman–Crippen LogP) is -0.406. The van der Waals surface area contributed by atoms with E-state index >= 15 is 0 Å². The number of esters is 2. The third-order valence-corrected chi connectivity index (χ3v) is 3.05. The fourth-order valence-electron chi connectivity index (χ4n) is 2.34. The van der Waals surface area contributed by atoms with Gasteiger partial charge in [-0.05, 0) is 0 Å². The van der Waals surface area contributed by atoms with Crippen LogP contribution in [0.1, 0.15) is 13.8 Å². The molecule has 0 amide bonds. The van der Waals surface area contributed by atoms with Crippen molar-refractivity contribution in [1.82, 2.24) is 0 Å². The molecule has 2 heterocycles. The van der Waals surface area contributed by atoms with E-state index in [1.807, 2.05) is 0 Å². The average Bonchev–Trinajstić information content (AvgIpc) is 2.40. The molecule has 5 atom stereocenters. The van der Waals surface area contributed by atoms with E-state index in [1.165, 1.54) is 21.0 Å². The average molecular weight is 290 g/mol. The summed E-state index contributed by atoms with van der Waals surface area (Å²) in [5.41, 5.74) is 0. The Hall–Kier alpha value is -1.22. The van der Waals surface area contributed by atoms with Crippen molar-refractivity contribution >= 4 is 11.9 Å². The zero-order valence-corrected chi connectivity index (χ0v) is 11.6. The molecule has 2 aliphatic rings. The second-order valence-corrected chi connectivity index (χ2v) is 4.55. The molecular formula is C12H18O8. The van der Waals surface area contributed by atoms with Crippen molar-refractivity contribution < 1.29 is 38.0 Å². The zero-order chi connectivity index (χ0) is 14.7. The minimum absolute atomic E-state index is 0.0622. The summed E-state index contributed by atoms with van der Waals surface area (Å²) in [4.78, 5) is 22.5.